The number of aliphatic hydroxyl groups is 1. The van der Waals surface area contributed by atoms with Crippen molar-refractivity contribution in [1.29, 1.82) is 0 Å². The highest BCUT2D eigenvalue weighted by atomic mass is 16.3. The number of carbonyl (C=O) groups is 1. The van der Waals surface area contributed by atoms with Gasteiger partial charge in [0.05, 0.1) is 23.6 Å². The van der Waals surface area contributed by atoms with Crippen LogP contribution in [-0.2, 0) is 6.42 Å². The second kappa shape index (κ2) is 6.30. The van der Waals surface area contributed by atoms with Crippen LogP contribution in [0, 0.1) is 12.8 Å². The predicted octanol–water partition coefficient (Wildman–Crippen LogP) is 0.664. The molecule has 1 unspecified atom stereocenters. The number of β-amino-alcohol motifs (C(OH)–C–C–N with tert-alkyl or cyclic N) is 1. The minimum atomic E-state index is 0.186. The first-order valence-corrected chi connectivity index (χ1v) is 8.07. The Hall–Kier alpha value is -1.53. The number of carbonyl (C=O) groups excluding carboxylic acids is 1. The summed E-state index contributed by atoms with van der Waals surface area (Å²) in [4.78, 5) is 25.9. The van der Waals surface area contributed by atoms with E-state index < -0.39 is 0 Å². The number of Topliss-reactive ketones (excluding diaryl/α,β-unsaturated/α-hetero) is 1. The fraction of sp³-hybridized carbons (Fsp3) is 0.688. The molecule has 120 valence electrons. The summed E-state index contributed by atoms with van der Waals surface area (Å²) in [5.41, 5.74) is 2.49. The molecule has 0 radical (unpaired) electrons. The average molecular weight is 304 g/mol. The fourth-order valence-electron chi connectivity index (χ4n) is 3.40. The van der Waals surface area contributed by atoms with Crippen molar-refractivity contribution in [3.05, 3.63) is 17.0 Å². The summed E-state index contributed by atoms with van der Waals surface area (Å²) in [6, 6.07) is 0. The van der Waals surface area contributed by atoms with Crippen molar-refractivity contribution in [2.45, 2.75) is 26.7 Å². The van der Waals surface area contributed by atoms with E-state index in [0.29, 0.717) is 12.3 Å². The molecule has 0 spiro atoms. The van der Waals surface area contributed by atoms with Gasteiger partial charge in [-0.1, -0.05) is 6.92 Å². The van der Waals surface area contributed by atoms with E-state index in [2.05, 4.69) is 21.7 Å². The monoisotopic (exact) mass is 304 g/mol. The third kappa shape index (κ3) is 2.98. The van der Waals surface area contributed by atoms with Gasteiger partial charge in [-0.15, -0.1) is 0 Å². The van der Waals surface area contributed by atoms with Crippen molar-refractivity contribution < 1.29 is 9.90 Å². The Bertz CT molecular complexity index is 568. The summed E-state index contributed by atoms with van der Waals surface area (Å²) in [7, 11) is 0. The summed E-state index contributed by atoms with van der Waals surface area (Å²) in [5.74, 6) is 1.30. The molecule has 3 rings (SSSR count). The van der Waals surface area contributed by atoms with Crippen LogP contribution in [-0.4, -0.2) is 65.1 Å². The van der Waals surface area contributed by atoms with Crippen molar-refractivity contribution in [3.8, 4) is 0 Å². The zero-order valence-corrected chi connectivity index (χ0v) is 13.4. The van der Waals surface area contributed by atoms with E-state index >= 15 is 0 Å². The van der Waals surface area contributed by atoms with Crippen LogP contribution >= 0.6 is 0 Å². The summed E-state index contributed by atoms with van der Waals surface area (Å²) < 4.78 is 0. The third-order valence-electron chi connectivity index (χ3n) is 4.58. The van der Waals surface area contributed by atoms with Crippen LogP contribution in [0.25, 0.3) is 0 Å². The van der Waals surface area contributed by atoms with Crippen LogP contribution in [0.15, 0.2) is 0 Å². The van der Waals surface area contributed by atoms with E-state index in [-0.39, 0.29) is 12.4 Å². The van der Waals surface area contributed by atoms with Crippen LogP contribution in [0.1, 0.15) is 35.1 Å². The van der Waals surface area contributed by atoms with E-state index in [4.69, 9.17) is 10.1 Å². The highest BCUT2D eigenvalue weighted by Gasteiger charge is 2.28. The number of rotatable bonds is 3. The zero-order chi connectivity index (χ0) is 15.7. The molecule has 6 heteroatoms. The van der Waals surface area contributed by atoms with Gasteiger partial charge in [-0.2, -0.15) is 0 Å². The Kier molecular flexibility index (Phi) is 4.40. The molecule has 22 heavy (non-hydrogen) atoms. The molecule has 0 saturated carbocycles. The van der Waals surface area contributed by atoms with Gasteiger partial charge in [-0.3, -0.25) is 9.69 Å². The summed E-state index contributed by atoms with van der Waals surface area (Å²) in [6.07, 6.45) is 1.47. The van der Waals surface area contributed by atoms with Gasteiger partial charge >= 0.3 is 0 Å². The van der Waals surface area contributed by atoms with E-state index in [1.165, 1.54) is 0 Å². The normalized spacial score (nSPS) is 22.8. The van der Waals surface area contributed by atoms with Crippen LogP contribution < -0.4 is 4.90 Å². The summed E-state index contributed by atoms with van der Waals surface area (Å²) in [6.45, 7) is 8.50. The van der Waals surface area contributed by atoms with Crippen LogP contribution in [0.2, 0.25) is 0 Å². The van der Waals surface area contributed by atoms with Crippen LogP contribution in [0.4, 0.5) is 5.95 Å². The Morgan fingerprint density at radius 2 is 1.91 bits per heavy atom. The number of piperazine rings is 1. The van der Waals surface area contributed by atoms with Crippen molar-refractivity contribution in [3.63, 3.8) is 0 Å². The molecule has 1 aromatic heterocycles. The second-order valence-corrected chi connectivity index (χ2v) is 6.42. The number of anilines is 1. The molecule has 1 aromatic rings. The molecule has 1 fully saturated rings. The number of hydrogen-bond acceptors (Lipinski definition) is 6. The molecule has 0 bridgehead atoms. The minimum absolute atomic E-state index is 0.186. The van der Waals surface area contributed by atoms with E-state index in [1.807, 2.05) is 6.92 Å². The molecule has 1 aliphatic carbocycles. The molecular weight excluding hydrogens is 280 g/mol. The number of fused-ring (bicyclic) bond motifs is 1. The van der Waals surface area contributed by atoms with Crippen molar-refractivity contribution in [1.82, 2.24) is 14.9 Å². The lowest BCUT2D eigenvalue weighted by Gasteiger charge is -2.35. The van der Waals surface area contributed by atoms with Crippen LogP contribution in [0.3, 0.4) is 0 Å². The molecule has 6 nitrogen and oxygen atoms in total. The Labute approximate surface area is 131 Å². The molecule has 1 atom stereocenters. The van der Waals surface area contributed by atoms with E-state index in [0.717, 1.165) is 62.0 Å². The number of nitrogens with zero attached hydrogens (tertiary/aromatic N) is 4. The Morgan fingerprint density at radius 3 is 2.59 bits per heavy atom. The van der Waals surface area contributed by atoms with Gasteiger partial charge in [0, 0.05) is 39.1 Å². The summed E-state index contributed by atoms with van der Waals surface area (Å²) in [5, 5.41) is 9.01. The number of aliphatic hydroxyl groups excluding tert-OH is 1. The van der Waals surface area contributed by atoms with Crippen molar-refractivity contribution >= 4 is 11.7 Å². The fourth-order valence-corrected chi connectivity index (χ4v) is 3.40. The molecule has 1 saturated heterocycles. The van der Waals surface area contributed by atoms with Gasteiger partial charge in [0.1, 0.15) is 0 Å². The van der Waals surface area contributed by atoms with E-state index in [1.54, 1.807) is 0 Å². The molecule has 0 aromatic carbocycles. The predicted molar refractivity (Wildman–Crippen MR) is 84.3 cm³/mol. The topological polar surface area (TPSA) is 69.6 Å². The maximum Gasteiger partial charge on any atom is 0.225 e. The quantitative estimate of drug-likeness (QED) is 0.885. The average Bonchev–Trinajstić information content (AvgIpc) is 2.47. The first-order chi connectivity index (χ1) is 10.6. The zero-order valence-electron chi connectivity index (χ0n) is 13.4. The molecular formula is C16H24N4O2. The first kappa shape index (κ1) is 15.4. The van der Waals surface area contributed by atoms with Gasteiger partial charge in [0.2, 0.25) is 5.95 Å². The first-order valence-electron chi connectivity index (χ1n) is 8.07. The van der Waals surface area contributed by atoms with Gasteiger partial charge in [0.15, 0.2) is 5.78 Å². The van der Waals surface area contributed by atoms with Gasteiger partial charge in [0.25, 0.3) is 0 Å². The Morgan fingerprint density at radius 1 is 1.18 bits per heavy atom. The molecule has 1 aliphatic heterocycles. The lowest BCUT2D eigenvalue weighted by atomic mass is 9.86. The summed E-state index contributed by atoms with van der Waals surface area (Å²) >= 11 is 0. The smallest absolute Gasteiger partial charge is 0.225 e. The maximum absolute atomic E-state index is 12.2. The van der Waals surface area contributed by atoms with Crippen LogP contribution in [0.5, 0.6) is 0 Å². The molecule has 0 amide bonds. The van der Waals surface area contributed by atoms with Crippen molar-refractivity contribution in [2.24, 2.45) is 5.92 Å². The molecule has 2 heterocycles. The Balaban J connectivity index is 1.80. The standard InChI is InChI=1S/C16H24N4O2/c1-11-9-13-15(14(22)10-11)12(2)17-16(18-13)20-5-3-19(4-6-20)7-8-21/h11,21H,3-10H2,1-2H3. The SMILES string of the molecule is Cc1nc(N2CCN(CCO)CC2)nc2c1C(=O)CC(C)C2. The number of aryl methyl sites for hydroxylation is 1. The third-order valence-corrected chi connectivity index (χ3v) is 4.58. The van der Waals surface area contributed by atoms with Gasteiger partial charge < -0.3 is 10.0 Å². The second-order valence-electron chi connectivity index (χ2n) is 6.42. The van der Waals surface area contributed by atoms with Crippen molar-refractivity contribution in [2.75, 3.05) is 44.2 Å². The minimum Gasteiger partial charge on any atom is -0.395 e. The highest BCUT2D eigenvalue weighted by molar-refractivity contribution is 5.99. The lowest BCUT2D eigenvalue weighted by Crippen LogP contribution is -2.48. The maximum atomic E-state index is 12.2. The number of ketones is 1. The number of hydrogen-bond donors (Lipinski definition) is 1. The molecule has 1 N–H and O–H groups in total. The largest absolute Gasteiger partial charge is 0.395 e. The van der Waals surface area contributed by atoms with Gasteiger partial charge in [-0.05, 0) is 19.3 Å². The highest BCUT2D eigenvalue weighted by Crippen LogP contribution is 2.27. The van der Waals surface area contributed by atoms with E-state index in [9.17, 15) is 4.79 Å². The number of aromatic nitrogens is 2. The lowest BCUT2D eigenvalue weighted by molar-refractivity contribution is 0.0951. The molecule has 2 aliphatic rings. The van der Waals surface area contributed by atoms with Gasteiger partial charge in [-0.25, -0.2) is 9.97 Å².